The Hall–Kier alpha value is -4.12. The molecular weight excluding hydrogens is 694 g/mol. The van der Waals surface area contributed by atoms with Gasteiger partial charge in [-0.3, -0.25) is 29.4 Å². The number of benzene rings is 3. The summed E-state index contributed by atoms with van der Waals surface area (Å²) in [6, 6.07) is 13.1. The number of carbonyl (C=O) groups excluding carboxylic acids is 3. The number of nitrogens with zero attached hydrogens (tertiary/aromatic N) is 2. The monoisotopic (exact) mass is 713 g/mol. The van der Waals surface area contributed by atoms with Crippen LogP contribution in [0.3, 0.4) is 0 Å². The van der Waals surface area contributed by atoms with Crippen molar-refractivity contribution in [2.45, 2.75) is 13.1 Å². The molecule has 0 aliphatic carbocycles. The van der Waals surface area contributed by atoms with Crippen molar-refractivity contribution in [3.05, 3.63) is 90.4 Å². The van der Waals surface area contributed by atoms with Crippen LogP contribution in [-0.4, -0.2) is 40.0 Å². The molecule has 15 heteroatoms. The largest absolute Gasteiger partial charge is 0.490 e. The number of halogens is 4. The standard InChI is InChI=1S/C27H19F3IN3O7S/c1-2-40-22-11-15(3-9-21(22)41-20-10-4-16(27(28,29)30)13-19(20)34(38)39)12-23-25(36)33(26(37)42-23)14-24(35)32-18-7-5-17(31)6-8-18/h3-13H,2,14H2,1H3,(H,32,35)/b23-12-. The Labute approximate surface area is 254 Å². The van der Waals surface area contributed by atoms with E-state index in [-0.39, 0.29) is 23.0 Å². The predicted molar refractivity (Wildman–Crippen MR) is 156 cm³/mol. The highest BCUT2D eigenvalue weighted by molar-refractivity contribution is 14.1. The number of alkyl halides is 3. The van der Waals surface area contributed by atoms with Gasteiger partial charge < -0.3 is 14.8 Å². The summed E-state index contributed by atoms with van der Waals surface area (Å²) in [4.78, 5) is 49.1. The fourth-order valence-electron chi connectivity index (χ4n) is 3.67. The van der Waals surface area contributed by atoms with Crippen LogP contribution >= 0.6 is 34.4 Å². The van der Waals surface area contributed by atoms with Crippen molar-refractivity contribution in [2.24, 2.45) is 0 Å². The predicted octanol–water partition coefficient (Wildman–Crippen LogP) is 7.08. The first kappa shape index (κ1) is 30.8. The molecule has 1 N–H and O–H groups in total. The van der Waals surface area contributed by atoms with Gasteiger partial charge >= 0.3 is 11.9 Å². The fourth-order valence-corrected chi connectivity index (χ4v) is 4.87. The van der Waals surface area contributed by atoms with Gasteiger partial charge in [0.05, 0.1) is 22.0 Å². The molecule has 1 aliphatic heterocycles. The van der Waals surface area contributed by atoms with Crippen LogP contribution in [0.4, 0.5) is 29.3 Å². The third-order valence-corrected chi connectivity index (χ3v) is 7.20. The maximum absolute atomic E-state index is 13.0. The van der Waals surface area contributed by atoms with Crippen molar-refractivity contribution >= 4 is 68.9 Å². The minimum absolute atomic E-state index is 0.0303. The number of nitrogens with one attached hydrogen (secondary N) is 1. The number of carbonyl (C=O) groups is 3. The topological polar surface area (TPSA) is 128 Å². The van der Waals surface area contributed by atoms with Gasteiger partial charge in [0.2, 0.25) is 11.7 Å². The lowest BCUT2D eigenvalue weighted by Crippen LogP contribution is -2.36. The van der Waals surface area contributed by atoms with Gasteiger partial charge in [0, 0.05) is 15.3 Å². The Balaban J connectivity index is 1.53. The third kappa shape index (κ3) is 7.39. The normalized spacial score (nSPS) is 14.3. The van der Waals surface area contributed by atoms with Crippen LogP contribution in [0, 0.1) is 13.7 Å². The average molecular weight is 713 g/mol. The van der Waals surface area contributed by atoms with E-state index in [9.17, 15) is 37.7 Å². The average Bonchev–Trinajstić information content (AvgIpc) is 3.18. The molecule has 0 atom stereocenters. The zero-order valence-corrected chi connectivity index (χ0v) is 24.4. The quantitative estimate of drug-likeness (QED) is 0.108. The van der Waals surface area contributed by atoms with Gasteiger partial charge in [-0.05, 0) is 101 Å². The Morgan fingerprint density at radius 3 is 2.40 bits per heavy atom. The van der Waals surface area contributed by atoms with Crippen LogP contribution in [0.5, 0.6) is 17.2 Å². The zero-order chi connectivity index (χ0) is 30.6. The molecule has 0 aromatic heterocycles. The Kier molecular flexibility index (Phi) is 9.40. The molecule has 3 aromatic carbocycles. The highest BCUT2D eigenvalue weighted by atomic mass is 127. The van der Waals surface area contributed by atoms with Crippen LogP contribution in [-0.2, 0) is 15.8 Å². The Bertz CT molecular complexity index is 1600. The summed E-state index contributed by atoms with van der Waals surface area (Å²) in [5.41, 5.74) is -1.20. The molecule has 42 heavy (non-hydrogen) atoms. The van der Waals surface area contributed by atoms with Crippen molar-refractivity contribution in [3.63, 3.8) is 0 Å². The second kappa shape index (κ2) is 12.8. The number of thioether (sulfide) groups is 1. The van der Waals surface area contributed by atoms with E-state index >= 15 is 0 Å². The number of ether oxygens (including phenoxy) is 2. The van der Waals surface area contributed by atoms with Crippen molar-refractivity contribution < 1.29 is 42.0 Å². The van der Waals surface area contributed by atoms with E-state index in [2.05, 4.69) is 27.9 Å². The minimum atomic E-state index is -4.79. The van der Waals surface area contributed by atoms with Crippen molar-refractivity contribution in [3.8, 4) is 17.2 Å². The van der Waals surface area contributed by atoms with Crippen LogP contribution in [0.1, 0.15) is 18.1 Å². The first-order valence-corrected chi connectivity index (χ1v) is 13.9. The van der Waals surface area contributed by atoms with E-state index in [0.29, 0.717) is 35.1 Å². The lowest BCUT2D eigenvalue weighted by atomic mass is 10.1. The number of hydrogen-bond acceptors (Lipinski definition) is 8. The van der Waals surface area contributed by atoms with Gasteiger partial charge in [0.25, 0.3) is 11.1 Å². The molecule has 0 bridgehead atoms. The molecule has 3 amide bonds. The number of rotatable bonds is 9. The van der Waals surface area contributed by atoms with Crippen LogP contribution in [0.15, 0.2) is 65.6 Å². The molecule has 10 nitrogen and oxygen atoms in total. The molecule has 1 aliphatic rings. The van der Waals surface area contributed by atoms with Gasteiger partial charge in [-0.25, -0.2) is 0 Å². The highest BCUT2D eigenvalue weighted by Crippen LogP contribution is 2.41. The lowest BCUT2D eigenvalue weighted by molar-refractivity contribution is -0.385. The second-order valence-corrected chi connectivity index (χ2v) is 10.7. The van der Waals surface area contributed by atoms with Gasteiger partial charge in [-0.1, -0.05) is 6.07 Å². The number of amides is 3. The van der Waals surface area contributed by atoms with E-state index in [1.165, 1.54) is 24.3 Å². The van der Waals surface area contributed by atoms with E-state index in [4.69, 9.17) is 9.47 Å². The van der Waals surface area contributed by atoms with Gasteiger partial charge in [-0.15, -0.1) is 0 Å². The van der Waals surface area contributed by atoms with E-state index in [0.717, 1.165) is 14.5 Å². The molecule has 1 heterocycles. The van der Waals surface area contributed by atoms with Crippen LogP contribution < -0.4 is 14.8 Å². The molecule has 218 valence electrons. The first-order valence-electron chi connectivity index (χ1n) is 12.0. The smallest absolute Gasteiger partial charge is 0.416 e. The number of imide groups is 1. The molecular formula is C27H19F3IN3O7S. The van der Waals surface area contributed by atoms with Crippen molar-refractivity contribution in [1.82, 2.24) is 4.90 Å². The Morgan fingerprint density at radius 2 is 1.76 bits per heavy atom. The Morgan fingerprint density at radius 1 is 1.07 bits per heavy atom. The summed E-state index contributed by atoms with van der Waals surface area (Å²) < 4.78 is 51.2. The first-order chi connectivity index (χ1) is 19.8. The van der Waals surface area contributed by atoms with Gasteiger partial charge in [-0.2, -0.15) is 13.2 Å². The number of anilines is 1. The molecule has 4 rings (SSSR count). The summed E-state index contributed by atoms with van der Waals surface area (Å²) in [7, 11) is 0. The molecule has 0 saturated carbocycles. The summed E-state index contributed by atoms with van der Waals surface area (Å²) in [6.45, 7) is 1.31. The van der Waals surface area contributed by atoms with Crippen LogP contribution in [0.2, 0.25) is 0 Å². The zero-order valence-electron chi connectivity index (χ0n) is 21.4. The fraction of sp³-hybridized carbons (Fsp3) is 0.148. The lowest BCUT2D eigenvalue weighted by Gasteiger charge is -2.14. The van der Waals surface area contributed by atoms with E-state index in [1.54, 1.807) is 31.2 Å². The molecule has 0 spiro atoms. The number of hydrogen-bond donors (Lipinski definition) is 1. The van der Waals surface area contributed by atoms with E-state index < -0.39 is 51.7 Å². The molecule has 0 radical (unpaired) electrons. The van der Waals surface area contributed by atoms with Crippen molar-refractivity contribution in [1.29, 1.82) is 0 Å². The summed E-state index contributed by atoms with van der Waals surface area (Å²) in [5.74, 6) is -1.63. The highest BCUT2D eigenvalue weighted by Gasteiger charge is 2.36. The SMILES string of the molecule is CCOc1cc(/C=C2\SC(=O)N(CC(=O)Nc3ccc(I)cc3)C2=O)ccc1Oc1ccc(C(F)(F)F)cc1[N+](=O)[O-]. The third-order valence-electron chi connectivity index (χ3n) is 5.57. The molecule has 0 unspecified atom stereocenters. The number of nitro benzene ring substituents is 1. The summed E-state index contributed by atoms with van der Waals surface area (Å²) in [6.07, 6.45) is -3.39. The summed E-state index contributed by atoms with van der Waals surface area (Å²) in [5, 5.41) is 13.4. The minimum Gasteiger partial charge on any atom is -0.490 e. The van der Waals surface area contributed by atoms with Gasteiger partial charge in [0.1, 0.15) is 6.54 Å². The molecule has 1 fully saturated rings. The molecule has 1 saturated heterocycles. The number of nitro groups is 1. The molecule has 3 aromatic rings. The maximum atomic E-state index is 13.0. The second-order valence-electron chi connectivity index (χ2n) is 8.50. The van der Waals surface area contributed by atoms with Gasteiger partial charge in [0.15, 0.2) is 11.5 Å². The van der Waals surface area contributed by atoms with Crippen molar-refractivity contribution in [2.75, 3.05) is 18.5 Å². The van der Waals surface area contributed by atoms with E-state index in [1.807, 2.05) is 0 Å². The summed E-state index contributed by atoms with van der Waals surface area (Å²) >= 11 is 2.75. The van der Waals surface area contributed by atoms with Crippen LogP contribution in [0.25, 0.3) is 6.08 Å². The maximum Gasteiger partial charge on any atom is 0.416 e.